The molecular formula is C12H13BrClN3O3S. The van der Waals surface area contributed by atoms with Crippen molar-refractivity contribution in [2.45, 2.75) is 11.3 Å². The van der Waals surface area contributed by atoms with Crippen LogP contribution in [0.15, 0.2) is 33.8 Å². The van der Waals surface area contributed by atoms with Crippen LogP contribution in [0.2, 0.25) is 5.02 Å². The lowest BCUT2D eigenvalue weighted by Gasteiger charge is -2.12. The Bertz CT molecular complexity index is 761. The molecule has 0 aliphatic rings. The van der Waals surface area contributed by atoms with E-state index in [1.807, 2.05) is 13.1 Å². The van der Waals surface area contributed by atoms with E-state index in [9.17, 15) is 8.42 Å². The monoisotopic (exact) mass is 393 g/mol. The fourth-order valence-corrected chi connectivity index (χ4v) is 3.58. The van der Waals surface area contributed by atoms with Crippen molar-refractivity contribution >= 4 is 37.6 Å². The van der Waals surface area contributed by atoms with E-state index in [0.717, 1.165) is 5.69 Å². The molecule has 2 rings (SSSR count). The van der Waals surface area contributed by atoms with Gasteiger partial charge < -0.3 is 4.74 Å². The minimum absolute atomic E-state index is 0.0598. The summed E-state index contributed by atoms with van der Waals surface area (Å²) in [6, 6.07) is 4.77. The van der Waals surface area contributed by atoms with E-state index >= 15 is 0 Å². The molecule has 0 aliphatic heterocycles. The highest BCUT2D eigenvalue weighted by Crippen LogP contribution is 2.35. The summed E-state index contributed by atoms with van der Waals surface area (Å²) >= 11 is 9.22. The maximum Gasteiger partial charge on any atom is 0.241 e. The molecule has 0 saturated heterocycles. The fraction of sp³-hybridized carbons (Fsp3) is 0.250. The van der Waals surface area contributed by atoms with Crippen LogP contribution in [-0.2, 0) is 23.5 Å². The van der Waals surface area contributed by atoms with Crippen LogP contribution >= 0.6 is 27.5 Å². The lowest BCUT2D eigenvalue weighted by atomic mass is 10.3. The number of aromatic nitrogens is 2. The van der Waals surface area contributed by atoms with Gasteiger partial charge in [-0.3, -0.25) is 4.68 Å². The highest BCUT2D eigenvalue weighted by molar-refractivity contribution is 9.10. The topological polar surface area (TPSA) is 87.2 Å². The average Bonchev–Trinajstić information content (AvgIpc) is 2.76. The van der Waals surface area contributed by atoms with Gasteiger partial charge in [0.15, 0.2) is 5.75 Å². The quantitative estimate of drug-likeness (QED) is 0.841. The predicted octanol–water partition coefficient (Wildman–Crippen LogP) is 2.10. The number of halogens is 2. The lowest BCUT2D eigenvalue weighted by Crippen LogP contribution is -2.15. The number of rotatable bonds is 5. The van der Waals surface area contributed by atoms with E-state index < -0.39 is 10.0 Å². The second kappa shape index (κ2) is 6.35. The molecule has 0 aliphatic carbocycles. The van der Waals surface area contributed by atoms with Gasteiger partial charge >= 0.3 is 0 Å². The van der Waals surface area contributed by atoms with Crippen molar-refractivity contribution in [1.29, 1.82) is 0 Å². The predicted molar refractivity (Wildman–Crippen MR) is 82.9 cm³/mol. The van der Waals surface area contributed by atoms with Gasteiger partial charge in [-0.25, -0.2) is 13.6 Å². The van der Waals surface area contributed by atoms with Crippen LogP contribution in [0, 0.1) is 0 Å². The van der Waals surface area contributed by atoms with E-state index in [1.165, 1.54) is 6.07 Å². The number of aryl methyl sites for hydroxylation is 1. The van der Waals surface area contributed by atoms with Crippen LogP contribution in [-0.4, -0.2) is 24.8 Å². The number of sulfonamides is 1. The van der Waals surface area contributed by atoms with E-state index in [4.69, 9.17) is 21.5 Å². The molecule has 0 atom stereocenters. The van der Waals surface area contributed by atoms with Gasteiger partial charge in [-0.2, -0.15) is 5.10 Å². The first-order valence-corrected chi connectivity index (χ1v) is 8.62. The van der Waals surface area contributed by atoms with Gasteiger partial charge in [-0.1, -0.05) is 27.5 Å². The Kier molecular flexibility index (Phi) is 4.92. The molecule has 114 valence electrons. The molecule has 2 N–H and O–H groups in total. The summed E-state index contributed by atoms with van der Waals surface area (Å²) in [4.78, 5) is -0.146. The molecule has 0 spiro atoms. The number of nitrogens with two attached hydrogens (primary N) is 1. The first-order chi connectivity index (χ1) is 9.79. The van der Waals surface area contributed by atoms with Crippen LogP contribution in [0.25, 0.3) is 0 Å². The van der Waals surface area contributed by atoms with Gasteiger partial charge in [-0.15, -0.1) is 0 Å². The normalized spacial score (nSPS) is 11.6. The SMILES string of the molecule is Cn1nccc1CCOc1c(Cl)cc(Br)cc1S(N)(=O)=O. The lowest BCUT2D eigenvalue weighted by molar-refractivity contribution is 0.310. The molecule has 0 unspecified atom stereocenters. The molecule has 0 fully saturated rings. The summed E-state index contributed by atoms with van der Waals surface area (Å²) in [6.07, 6.45) is 2.24. The van der Waals surface area contributed by atoms with Gasteiger partial charge in [0, 0.05) is 29.8 Å². The van der Waals surface area contributed by atoms with Gasteiger partial charge in [0.25, 0.3) is 0 Å². The minimum Gasteiger partial charge on any atom is -0.490 e. The van der Waals surface area contributed by atoms with Crippen molar-refractivity contribution in [3.8, 4) is 5.75 Å². The van der Waals surface area contributed by atoms with Crippen molar-refractivity contribution in [2.75, 3.05) is 6.61 Å². The van der Waals surface area contributed by atoms with Crippen molar-refractivity contribution < 1.29 is 13.2 Å². The third kappa shape index (κ3) is 3.97. The van der Waals surface area contributed by atoms with Crippen molar-refractivity contribution in [3.63, 3.8) is 0 Å². The zero-order valence-corrected chi connectivity index (χ0v) is 14.2. The molecule has 6 nitrogen and oxygen atoms in total. The summed E-state index contributed by atoms with van der Waals surface area (Å²) in [5.74, 6) is 0.0598. The summed E-state index contributed by atoms with van der Waals surface area (Å²) in [6.45, 7) is 0.253. The van der Waals surface area contributed by atoms with Gasteiger partial charge in [0.2, 0.25) is 10.0 Å². The molecule has 1 heterocycles. The van der Waals surface area contributed by atoms with Crippen molar-refractivity contribution in [2.24, 2.45) is 12.2 Å². The first kappa shape index (κ1) is 16.3. The number of benzene rings is 1. The molecule has 21 heavy (non-hydrogen) atoms. The molecule has 1 aromatic carbocycles. The van der Waals surface area contributed by atoms with Crippen LogP contribution in [0.5, 0.6) is 5.75 Å². The number of primary sulfonamides is 1. The Morgan fingerprint density at radius 1 is 1.48 bits per heavy atom. The summed E-state index contributed by atoms with van der Waals surface area (Å²) in [5, 5.41) is 9.40. The van der Waals surface area contributed by atoms with Crippen LogP contribution < -0.4 is 9.88 Å². The zero-order valence-electron chi connectivity index (χ0n) is 11.1. The second-order valence-electron chi connectivity index (χ2n) is 4.30. The summed E-state index contributed by atoms with van der Waals surface area (Å²) < 4.78 is 31.0. The molecule has 0 saturated carbocycles. The molecule has 2 aromatic rings. The molecule has 9 heteroatoms. The number of hydrogen-bond donors (Lipinski definition) is 1. The Morgan fingerprint density at radius 3 is 2.76 bits per heavy atom. The molecule has 1 aromatic heterocycles. The third-order valence-electron chi connectivity index (χ3n) is 2.81. The van der Waals surface area contributed by atoms with E-state index in [1.54, 1.807) is 16.9 Å². The molecular weight excluding hydrogens is 382 g/mol. The highest BCUT2D eigenvalue weighted by atomic mass is 79.9. The van der Waals surface area contributed by atoms with Crippen LogP contribution in [0.3, 0.4) is 0 Å². The molecule has 0 bridgehead atoms. The summed E-state index contributed by atoms with van der Waals surface area (Å²) in [5.41, 5.74) is 0.959. The van der Waals surface area contributed by atoms with Gasteiger partial charge in [0.05, 0.1) is 11.6 Å². The number of nitrogens with zero attached hydrogens (tertiary/aromatic N) is 2. The van der Waals surface area contributed by atoms with Crippen molar-refractivity contribution in [3.05, 3.63) is 39.6 Å². The highest BCUT2D eigenvalue weighted by Gasteiger charge is 2.19. The largest absolute Gasteiger partial charge is 0.490 e. The zero-order chi connectivity index (χ0) is 15.6. The average molecular weight is 395 g/mol. The Hall–Kier alpha value is -1.09. The second-order valence-corrected chi connectivity index (χ2v) is 7.16. The third-order valence-corrected chi connectivity index (χ3v) is 4.46. The summed E-state index contributed by atoms with van der Waals surface area (Å²) in [7, 11) is -2.11. The van der Waals surface area contributed by atoms with Crippen LogP contribution in [0.4, 0.5) is 0 Å². The Morgan fingerprint density at radius 2 is 2.19 bits per heavy atom. The van der Waals surface area contributed by atoms with E-state index in [-0.39, 0.29) is 22.3 Å². The number of ether oxygens (including phenoxy) is 1. The maximum atomic E-state index is 11.6. The molecule has 0 radical (unpaired) electrons. The first-order valence-electron chi connectivity index (χ1n) is 5.90. The fourth-order valence-electron chi connectivity index (χ4n) is 1.79. The Balaban J connectivity index is 2.22. The maximum absolute atomic E-state index is 11.6. The Labute approximate surface area is 136 Å². The van der Waals surface area contributed by atoms with Gasteiger partial charge in [0.1, 0.15) is 4.90 Å². The number of hydrogen-bond acceptors (Lipinski definition) is 4. The van der Waals surface area contributed by atoms with E-state index in [2.05, 4.69) is 21.0 Å². The van der Waals surface area contributed by atoms with Crippen molar-refractivity contribution in [1.82, 2.24) is 9.78 Å². The van der Waals surface area contributed by atoms with E-state index in [0.29, 0.717) is 10.9 Å². The molecule has 0 amide bonds. The van der Waals surface area contributed by atoms with Crippen LogP contribution in [0.1, 0.15) is 5.69 Å². The smallest absolute Gasteiger partial charge is 0.241 e. The van der Waals surface area contributed by atoms with Gasteiger partial charge in [-0.05, 0) is 18.2 Å². The standard InChI is InChI=1S/C12H13BrClN3O3S/c1-17-9(2-4-16-17)3-5-20-12-10(14)6-8(13)7-11(12)21(15,18)19/h2,4,6-7H,3,5H2,1H3,(H2,15,18,19). The minimum atomic E-state index is -3.93.